The minimum absolute atomic E-state index is 0.287. The number of para-hydroxylation sites is 1. The minimum Gasteiger partial charge on any atom is -0.497 e. The van der Waals surface area contributed by atoms with Crippen LogP contribution < -0.4 is 10.1 Å². The Labute approximate surface area is 174 Å². The van der Waals surface area contributed by atoms with Crippen LogP contribution >= 0.6 is 0 Å². The summed E-state index contributed by atoms with van der Waals surface area (Å²) in [5.41, 5.74) is 3.73. The Morgan fingerprint density at radius 1 is 1.07 bits per heavy atom. The lowest BCUT2D eigenvalue weighted by Crippen LogP contribution is -2.30. The van der Waals surface area contributed by atoms with Gasteiger partial charge in [0.05, 0.1) is 12.8 Å². The predicted octanol–water partition coefficient (Wildman–Crippen LogP) is 3.55. The number of carbonyl (C=O) groups is 2. The van der Waals surface area contributed by atoms with Gasteiger partial charge in [0.2, 0.25) is 0 Å². The zero-order valence-corrected chi connectivity index (χ0v) is 16.9. The second-order valence-electron chi connectivity index (χ2n) is 7.14. The highest BCUT2D eigenvalue weighted by atomic mass is 16.5. The van der Waals surface area contributed by atoms with Gasteiger partial charge in [0.15, 0.2) is 11.8 Å². The smallest absolute Gasteiger partial charge is 0.359 e. The first-order valence-electron chi connectivity index (χ1n) is 9.89. The fourth-order valence-corrected chi connectivity index (χ4v) is 3.57. The van der Waals surface area contributed by atoms with Crippen LogP contribution in [0.15, 0.2) is 54.6 Å². The molecule has 3 aromatic rings. The van der Waals surface area contributed by atoms with Crippen LogP contribution in [0.25, 0.3) is 5.69 Å². The quantitative estimate of drug-likeness (QED) is 0.634. The summed E-state index contributed by atoms with van der Waals surface area (Å²) in [4.78, 5) is 25.3. The molecular formula is C23H23N3O4. The standard InChI is InChI=1S/C23H23N3O4/c1-15(22(27)24-16-11-13-18(29-2)14-12-16)30-23(28)21-19-9-6-10-20(19)26(25-21)17-7-4-3-5-8-17/h3-5,7-8,11-15H,6,9-10H2,1-2H3,(H,24,27)/t15-/m1/s1. The zero-order valence-electron chi connectivity index (χ0n) is 16.9. The van der Waals surface area contributed by atoms with Gasteiger partial charge < -0.3 is 14.8 Å². The summed E-state index contributed by atoms with van der Waals surface area (Å²) in [6, 6.07) is 16.6. The van der Waals surface area contributed by atoms with Gasteiger partial charge >= 0.3 is 5.97 Å². The van der Waals surface area contributed by atoms with Crippen molar-refractivity contribution in [3.8, 4) is 11.4 Å². The first-order chi connectivity index (χ1) is 14.6. The molecule has 0 unspecified atom stereocenters. The molecule has 7 heteroatoms. The Kier molecular flexibility index (Phi) is 5.52. The van der Waals surface area contributed by atoms with E-state index in [1.54, 1.807) is 43.0 Å². The number of carbonyl (C=O) groups excluding carboxylic acids is 2. The molecule has 1 aliphatic rings. The predicted molar refractivity (Wildman–Crippen MR) is 112 cm³/mol. The van der Waals surface area contributed by atoms with Gasteiger partial charge in [-0.2, -0.15) is 5.10 Å². The summed E-state index contributed by atoms with van der Waals surface area (Å²) in [6.45, 7) is 1.55. The third-order valence-electron chi connectivity index (χ3n) is 5.13. The van der Waals surface area contributed by atoms with Gasteiger partial charge in [-0.1, -0.05) is 18.2 Å². The summed E-state index contributed by atoms with van der Waals surface area (Å²) in [5.74, 6) is -0.303. The second kappa shape index (κ2) is 8.41. The van der Waals surface area contributed by atoms with E-state index in [9.17, 15) is 9.59 Å². The lowest BCUT2D eigenvalue weighted by atomic mass is 10.2. The molecule has 7 nitrogen and oxygen atoms in total. The Morgan fingerprint density at radius 3 is 2.50 bits per heavy atom. The molecule has 0 radical (unpaired) electrons. The summed E-state index contributed by atoms with van der Waals surface area (Å²) in [6.07, 6.45) is 1.64. The van der Waals surface area contributed by atoms with E-state index < -0.39 is 18.0 Å². The maximum atomic E-state index is 12.8. The number of ether oxygens (including phenoxy) is 2. The number of methoxy groups -OCH3 is 1. The molecule has 0 aliphatic heterocycles. The van der Waals surface area contributed by atoms with Gasteiger partial charge in [-0.25, -0.2) is 9.48 Å². The van der Waals surface area contributed by atoms with Crippen LogP contribution in [0.4, 0.5) is 5.69 Å². The topological polar surface area (TPSA) is 82.4 Å². The molecule has 0 saturated heterocycles. The first-order valence-corrected chi connectivity index (χ1v) is 9.89. The van der Waals surface area contributed by atoms with E-state index in [1.165, 1.54) is 0 Å². The van der Waals surface area contributed by atoms with Crippen molar-refractivity contribution in [1.29, 1.82) is 0 Å². The number of esters is 1. The molecule has 2 aromatic carbocycles. The Bertz CT molecular complexity index is 1060. The molecule has 4 rings (SSSR count). The van der Waals surface area contributed by atoms with Crippen molar-refractivity contribution in [1.82, 2.24) is 9.78 Å². The Morgan fingerprint density at radius 2 is 1.80 bits per heavy atom. The Balaban J connectivity index is 1.47. The van der Waals surface area contributed by atoms with Gasteiger partial charge in [0, 0.05) is 16.9 Å². The number of aromatic nitrogens is 2. The van der Waals surface area contributed by atoms with Gasteiger partial charge in [-0.05, 0) is 62.6 Å². The van der Waals surface area contributed by atoms with Crippen molar-refractivity contribution >= 4 is 17.6 Å². The van der Waals surface area contributed by atoms with Crippen LogP contribution in [-0.4, -0.2) is 34.9 Å². The second-order valence-corrected chi connectivity index (χ2v) is 7.14. The zero-order chi connectivity index (χ0) is 21.1. The monoisotopic (exact) mass is 405 g/mol. The fourth-order valence-electron chi connectivity index (χ4n) is 3.57. The molecule has 1 aromatic heterocycles. The average Bonchev–Trinajstić information content (AvgIpc) is 3.37. The molecule has 1 aliphatic carbocycles. The van der Waals surface area contributed by atoms with Crippen molar-refractivity contribution in [2.24, 2.45) is 0 Å². The molecule has 1 amide bonds. The minimum atomic E-state index is -0.960. The van der Waals surface area contributed by atoms with Crippen LogP contribution in [-0.2, 0) is 22.4 Å². The molecule has 1 heterocycles. The normalized spacial score (nSPS) is 13.4. The maximum absolute atomic E-state index is 12.8. The molecule has 0 bridgehead atoms. The number of hydrogen-bond acceptors (Lipinski definition) is 5. The molecule has 30 heavy (non-hydrogen) atoms. The molecule has 0 fully saturated rings. The third-order valence-corrected chi connectivity index (χ3v) is 5.13. The van der Waals surface area contributed by atoms with Gasteiger partial charge in [0.25, 0.3) is 5.91 Å². The largest absolute Gasteiger partial charge is 0.497 e. The van der Waals surface area contributed by atoms with Gasteiger partial charge in [-0.3, -0.25) is 4.79 Å². The van der Waals surface area contributed by atoms with E-state index >= 15 is 0 Å². The lowest BCUT2D eigenvalue weighted by molar-refractivity contribution is -0.123. The van der Waals surface area contributed by atoms with Crippen molar-refractivity contribution in [2.75, 3.05) is 12.4 Å². The molecule has 1 atom stereocenters. The van der Waals surface area contributed by atoms with Crippen LogP contribution in [0.1, 0.15) is 35.1 Å². The number of nitrogens with zero attached hydrogens (tertiary/aromatic N) is 2. The molecule has 0 spiro atoms. The number of hydrogen-bond donors (Lipinski definition) is 1. The number of fused-ring (bicyclic) bond motifs is 1. The summed E-state index contributed by atoms with van der Waals surface area (Å²) >= 11 is 0. The van der Waals surface area contributed by atoms with Crippen molar-refractivity contribution in [2.45, 2.75) is 32.3 Å². The van der Waals surface area contributed by atoms with E-state index in [0.29, 0.717) is 11.4 Å². The average molecular weight is 405 g/mol. The van der Waals surface area contributed by atoms with E-state index in [-0.39, 0.29) is 5.69 Å². The Hall–Kier alpha value is -3.61. The number of nitrogens with one attached hydrogen (secondary N) is 1. The van der Waals surface area contributed by atoms with Crippen molar-refractivity contribution in [3.05, 3.63) is 71.5 Å². The number of amides is 1. The highest BCUT2D eigenvalue weighted by Crippen LogP contribution is 2.28. The van der Waals surface area contributed by atoms with Crippen molar-refractivity contribution < 1.29 is 19.1 Å². The third kappa shape index (κ3) is 3.91. The first kappa shape index (κ1) is 19.7. The summed E-state index contributed by atoms with van der Waals surface area (Å²) in [5, 5.41) is 7.25. The molecule has 0 saturated carbocycles. The van der Waals surface area contributed by atoms with Crippen LogP contribution in [0.3, 0.4) is 0 Å². The van der Waals surface area contributed by atoms with Crippen LogP contribution in [0.2, 0.25) is 0 Å². The SMILES string of the molecule is COc1ccc(NC(=O)[C@@H](C)OC(=O)c2nn(-c3ccccc3)c3c2CCC3)cc1. The molecular weight excluding hydrogens is 382 g/mol. The number of anilines is 1. The van der Waals surface area contributed by atoms with E-state index in [0.717, 1.165) is 36.2 Å². The van der Waals surface area contributed by atoms with E-state index in [4.69, 9.17) is 9.47 Å². The maximum Gasteiger partial charge on any atom is 0.359 e. The molecule has 154 valence electrons. The van der Waals surface area contributed by atoms with Gasteiger partial charge in [-0.15, -0.1) is 0 Å². The summed E-state index contributed by atoms with van der Waals surface area (Å²) in [7, 11) is 1.57. The highest BCUT2D eigenvalue weighted by Gasteiger charge is 2.29. The van der Waals surface area contributed by atoms with Crippen LogP contribution in [0.5, 0.6) is 5.75 Å². The lowest BCUT2D eigenvalue weighted by Gasteiger charge is -2.13. The number of benzene rings is 2. The van der Waals surface area contributed by atoms with Gasteiger partial charge in [0.1, 0.15) is 5.75 Å². The van der Waals surface area contributed by atoms with Crippen LogP contribution in [0, 0.1) is 0 Å². The highest BCUT2D eigenvalue weighted by molar-refractivity contribution is 5.97. The fraction of sp³-hybridized carbons (Fsp3) is 0.261. The molecule has 1 N–H and O–H groups in total. The van der Waals surface area contributed by atoms with Crippen molar-refractivity contribution in [3.63, 3.8) is 0 Å². The van der Waals surface area contributed by atoms with E-state index in [1.807, 2.05) is 30.3 Å². The summed E-state index contributed by atoms with van der Waals surface area (Å²) < 4.78 is 12.3. The van der Waals surface area contributed by atoms with E-state index in [2.05, 4.69) is 10.4 Å². The number of rotatable bonds is 6.